The second-order valence-electron chi connectivity index (χ2n) is 5.47. The zero-order chi connectivity index (χ0) is 16.9. The van der Waals surface area contributed by atoms with Gasteiger partial charge in [-0.25, -0.2) is 0 Å². The molecule has 24 heavy (non-hydrogen) atoms. The number of anilines is 2. The molecule has 2 heterocycles. The maximum absolute atomic E-state index is 12.3. The van der Waals surface area contributed by atoms with E-state index in [-0.39, 0.29) is 5.91 Å². The van der Waals surface area contributed by atoms with Gasteiger partial charge in [0.05, 0.1) is 24.0 Å². The highest BCUT2D eigenvalue weighted by atomic mass is 16.1. The van der Waals surface area contributed by atoms with E-state index in [1.54, 1.807) is 17.1 Å². The summed E-state index contributed by atoms with van der Waals surface area (Å²) in [4.78, 5) is 16.5. The molecule has 6 heteroatoms. The van der Waals surface area contributed by atoms with Crippen LogP contribution in [-0.2, 0) is 13.6 Å². The zero-order valence-corrected chi connectivity index (χ0v) is 13.7. The number of carbonyl (C=O) groups is 1. The minimum atomic E-state index is -0.158. The lowest BCUT2D eigenvalue weighted by atomic mass is 10.2. The van der Waals surface area contributed by atoms with E-state index >= 15 is 0 Å². The zero-order valence-electron chi connectivity index (χ0n) is 13.7. The maximum atomic E-state index is 12.3. The highest BCUT2D eigenvalue weighted by Crippen LogP contribution is 2.16. The molecule has 6 nitrogen and oxygen atoms in total. The molecule has 0 aliphatic heterocycles. The molecule has 0 saturated carbocycles. The first-order valence-corrected chi connectivity index (χ1v) is 7.67. The van der Waals surface area contributed by atoms with Crippen LogP contribution in [0.15, 0.2) is 54.9 Å². The minimum Gasteiger partial charge on any atom is -0.379 e. The second-order valence-corrected chi connectivity index (χ2v) is 5.47. The lowest BCUT2D eigenvalue weighted by molar-refractivity contribution is 0.102. The van der Waals surface area contributed by atoms with Crippen LogP contribution in [0.3, 0.4) is 0 Å². The largest absolute Gasteiger partial charge is 0.379 e. The number of aryl methyl sites for hydroxylation is 1. The quantitative estimate of drug-likeness (QED) is 0.758. The second kappa shape index (κ2) is 6.95. The summed E-state index contributed by atoms with van der Waals surface area (Å²) in [6.45, 7) is 2.52. The molecule has 2 N–H and O–H groups in total. The number of carbonyl (C=O) groups excluding carboxylic acids is 1. The van der Waals surface area contributed by atoms with Crippen molar-refractivity contribution >= 4 is 17.3 Å². The summed E-state index contributed by atoms with van der Waals surface area (Å²) in [5.74, 6) is -0.158. The van der Waals surface area contributed by atoms with E-state index < -0.39 is 0 Å². The minimum absolute atomic E-state index is 0.158. The summed E-state index contributed by atoms with van der Waals surface area (Å²) < 4.78 is 1.68. The Kier molecular flexibility index (Phi) is 4.56. The average molecular weight is 321 g/mol. The van der Waals surface area contributed by atoms with Gasteiger partial charge in [0.2, 0.25) is 0 Å². The van der Waals surface area contributed by atoms with E-state index in [1.807, 2.05) is 56.4 Å². The smallest absolute Gasteiger partial charge is 0.259 e. The van der Waals surface area contributed by atoms with Crippen LogP contribution in [0.5, 0.6) is 0 Å². The Morgan fingerprint density at radius 2 is 1.88 bits per heavy atom. The third kappa shape index (κ3) is 3.60. The summed E-state index contributed by atoms with van der Waals surface area (Å²) >= 11 is 0. The van der Waals surface area contributed by atoms with Crippen LogP contribution in [0.25, 0.3) is 0 Å². The molecule has 1 amide bonds. The Hall–Kier alpha value is -3.15. The number of amides is 1. The van der Waals surface area contributed by atoms with E-state index in [1.165, 1.54) is 0 Å². The van der Waals surface area contributed by atoms with Crippen molar-refractivity contribution in [1.29, 1.82) is 0 Å². The van der Waals surface area contributed by atoms with Gasteiger partial charge >= 0.3 is 0 Å². The van der Waals surface area contributed by atoms with Crippen LogP contribution in [0.1, 0.15) is 21.7 Å². The van der Waals surface area contributed by atoms with E-state index in [0.29, 0.717) is 12.1 Å². The standard InChI is InChI=1S/C18H19N5O/c1-13-17(12-21-23(13)2)18(24)22-15-8-6-14(7-9-15)20-11-16-5-3-4-10-19-16/h3-10,12,20H,11H2,1-2H3,(H,22,24). The SMILES string of the molecule is Cc1c(C(=O)Nc2ccc(NCc3ccccn3)cc2)cnn1C. The van der Waals surface area contributed by atoms with Crippen LogP contribution < -0.4 is 10.6 Å². The molecule has 1 aromatic carbocycles. The van der Waals surface area contributed by atoms with Crippen molar-refractivity contribution in [3.8, 4) is 0 Å². The monoisotopic (exact) mass is 321 g/mol. The van der Waals surface area contributed by atoms with Crippen molar-refractivity contribution in [2.75, 3.05) is 10.6 Å². The molecular weight excluding hydrogens is 302 g/mol. The average Bonchev–Trinajstić information content (AvgIpc) is 2.94. The van der Waals surface area contributed by atoms with Gasteiger partial charge in [0.1, 0.15) is 0 Å². The van der Waals surface area contributed by atoms with Crippen LogP contribution in [0.4, 0.5) is 11.4 Å². The first kappa shape index (κ1) is 15.7. The van der Waals surface area contributed by atoms with Gasteiger partial charge in [-0.3, -0.25) is 14.5 Å². The van der Waals surface area contributed by atoms with Crippen molar-refractivity contribution < 1.29 is 4.79 Å². The van der Waals surface area contributed by atoms with Crippen molar-refractivity contribution in [3.63, 3.8) is 0 Å². The third-order valence-corrected chi connectivity index (χ3v) is 3.82. The van der Waals surface area contributed by atoms with Gasteiger partial charge in [0, 0.05) is 30.3 Å². The Morgan fingerprint density at radius 3 is 2.50 bits per heavy atom. The fraction of sp³-hybridized carbons (Fsp3) is 0.167. The number of nitrogens with one attached hydrogen (secondary N) is 2. The predicted molar refractivity (Wildman–Crippen MR) is 93.9 cm³/mol. The Balaban J connectivity index is 1.60. The molecule has 0 atom stereocenters. The molecule has 0 radical (unpaired) electrons. The molecule has 0 fully saturated rings. The molecule has 122 valence electrons. The summed E-state index contributed by atoms with van der Waals surface area (Å²) in [6, 6.07) is 13.4. The summed E-state index contributed by atoms with van der Waals surface area (Å²) in [5.41, 5.74) is 4.10. The number of benzene rings is 1. The Labute approximate surface area is 140 Å². The lowest BCUT2D eigenvalue weighted by Gasteiger charge is -2.08. The number of aromatic nitrogens is 3. The number of hydrogen-bond acceptors (Lipinski definition) is 4. The van der Waals surface area contributed by atoms with Gasteiger partial charge in [-0.1, -0.05) is 6.07 Å². The molecule has 0 saturated heterocycles. The first-order valence-electron chi connectivity index (χ1n) is 7.67. The fourth-order valence-corrected chi connectivity index (χ4v) is 2.29. The summed E-state index contributed by atoms with van der Waals surface area (Å²) in [5, 5.41) is 10.3. The van der Waals surface area contributed by atoms with Crippen LogP contribution in [-0.4, -0.2) is 20.7 Å². The summed E-state index contributed by atoms with van der Waals surface area (Å²) in [7, 11) is 1.81. The topological polar surface area (TPSA) is 71.8 Å². The van der Waals surface area contributed by atoms with Crippen molar-refractivity contribution in [1.82, 2.24) is 14.8 Å². The van der Waals surface area contributed by atoms with E-state index in [0.717, 1.165) is 22.8 Å². The van der Waals surface area contributed by atoms with Gasteiger partial charge < -0.3 is 10.6 Å². The van der Waals surface area contributed by atoms with Crippen LogP contribution in [0, 0.1) is 6.92 Å². The molecule has 0 spiro atoms. The number of rotatable bonds is 5. The number of hydrogen-bond donors (Lipinski definition) is 2. The molecule has 0 aliphatic rings. The molecule has 2 aromatic heterocycles. The molecule has 0 unspecified atom stereocenters. The van der Waals surface area contributed by atoms with Gasteiger partial charge in [0.25, 0.3) is 5.91 Å². The Bertz CT molecular complexity index is 824. The predicted octanol–water partition coefficient (Wildman–Crippen LogP) is 2.99. The van der Waals surface area contributed by atoms with Crippen LogP contribution in [0.2, 0.25) is 0 Å². The lowest BCUT2D eigenvalue weighted by Crippen LogP contribution is -2.13. The van der Waals surface area contributed by atoms with Crippen molar-refractivity contribution in [2.45, 2.75) is 13.5 Å². The van der Waals surface area contributed by atoms with E-state index in [2.05, 4.69) is 20.7 Å². The first-order chi connectivity index (χ1) is 11.6. The highest BCUT2D eigenvalue weighted by molar-refractivity contribution is 6.04. The van der Waals surface area contributed by atoms with Crippen molar-refractivity contribution in [2.24, 2.45) is 7.05 Å². The normalized spacial score (nSPS) is 10.4. The van der Waals surface area contributed by atoms with Crippen LogP contribution >= 0.6 is 0 Å². The number of pyridine rings is 1. The molecule has 0 bridgehead atoms. The van der Waals surface area contributed by atoms with Gasteiger partial charge in [0.15, 0.2) is 0 Å². The molecule has 3 aromatic rings. The van der Waals surface area contributed by atoms with E-state index in [4.69, 9.17) is 0 Å². The molecule has 3 rings (SSSR count). The van der Waals surface area contributed by atoms with E-state index in [9.17, 15) is 4.79 Å². The molecule has 0 aliphatic carbocycles. The molecular formula is C18H19N5O. The fourth-order valence-electron chi connectivity index (χ4n) is 2.29. The Morgan fingerprint density at radius 1 is 1.12 bits per heavy atom. The number of nitrogens with zero attached hydrogens (tertiary/aromatic N) is 3. The summed E-state index contributed by atoms with van der Waals surface area (Å²) in [6.07, 6.45) is 3.35. The van der Waals surface area contributed by atoms with Gasteiger partial charge in [-0.15, -0.1) is 0 Å². The maximum Gasteiger partial charge on any atom is 0.259 e. The highest BCUT2D eigenvalue weighted by Gasteiger charge is 2.12. The third-order valence-electron chi connectivity index (χ3n) is 3.82. The van der Waals surface area contributed by atoms with Gasteiger partial charge in [-0.2, -0.15) is 5.10 Å². The van der Waals surface area contributed by atoms with Gasteiger partial charge in [-0.05, 0) is 43.3 Å². The van der Waals surface area contributed by atoms with Crippen molar-refractivity contribution in [3.05, 3.63) is 71.8 Å².